The van der Waals surface area contributed by atoms with Gasteiger partial charge in [-0.2, -0.15) is 21.8 Å². The molecule has 0 spiro atoms. The fourth-order valence-electron chi connectivity index (χ4n) is 0. The van der Waals surface area contributed by atoms with E-state index in [1.807, 2.05) is 0 Å². The summed E-state index contributed by atoms with van der Waals surface area (Å²) in [6.07, 6.45) is 3.32. The van der Waals surface area contributed by atoms with Gasteiger partial charge in [0.15, 0.2) is 0 Å². The normalized spacial score (nSPS) is 8.80. The summed E-state index contributed by atoms with van der Waals surface area (Å²) >= 11 is 0. The van der Waals surface area contributed by atoms with E-state index in [1.54, 1.807) is 0 Å². The first-order valence-corrected chi connectivity index (χ1v) is 3.79. The Labute approximate surface area is 83.9 Å². The van der Waals surface area contributed by atoms with E-state index in [0.29, 0.717) is 0 Å². The average Bonchev–Trinajstić information content (AvgIpc) is 1.61. The molecule has 0 aliphatic carbocycles. The van der Waals surface area contributed by atoms with E-state index in [2.05, 4.69) is 20.3 Å². The first-order valence-electron chi connectivity index (χ1n) is 2.39. The van der Waals surface area contributed by atoms with Crippen LogP contribution in [-0.2, 0) is 10.4 Å². The molecule has 6 heteroatoms. The first kappa shape index (κ1) is 17.1. The molecular weight excluding hydrogens is 167 g/mol. The van der Waals surface area contributed by atoms with E-state index in [1.165, 1.54) is 6.42 Å². The fourth-order valence-corrected chi connectivity index (χ4v) is 0. The quantitative estimate of drug-likeness (QED) is 0.276. The summed E-state index contributed by atoms with van der Waals surface area (Å²) < 4.78 is 31.6. The average molecular weight is 178 g/mol. The van der Waals surface area contributed by atoms with Gasteiger partial charge in [0.05, 0.1) is 0 Å². The largest absolute Gasteiger partial charge is 1.00 e. The number of hydrogen-bond donors (Lipinski definition) is 2. The van der Waals surface area contributed by atoms with E-state index >= 15 is 0 Å². The minimum atomic E-state index is -4.67. The molecule has 0 aromatic rings. The Bertz CT molecular complexity index is 120. The summed E-state index contributed by atoms with van der Waals surface area (Å²) in [5.74, 6) is 0. The molecule has 0 amide bonds. The molecule has 0 aromatic heterocycles. The van der Waals surface area contributed by atoms with Crippen molar-refractivity contribution in [1.82, 2.24) is 0 Å². The van der Waals surface area contributed by atoms with Gasteiger partial charge < -0.3 is 6.42 Å². The molecule has 0 atom stereocenters. The minimum absolute atomic E-state index is 0. The zero-order valence-electron chi connectivity index (χ0n) is 6.40. The van der Waals surface area contributed by atoms with Crippen LogP contribution in [-0.4, -0.2) is 17.5 Å². The summed E-state index contributed by atoms with van der Waals surface area (Å²) in [6, 6.07) is 0. The van der Waals surface area contributed by atoms with E-state index in [-0.39, 0.29) is 29.6 Å². The van der Waals surface area contributed by atoms with Crippen molar-refractivity contribution < 1.29 is 47.1 Å². The van der Waals surface area contributed by atoms with Crippen molar-refractivity contribution in [3.63, 3.8) is 0 Å². The monoisotopic (exact) mass is 178 g/mol. The van der Waals surface area contributed by atoms with Crippen molar-refractivity contribution in [2.24, 2.45) is 0 Å². The van der Waals surface area contributed by atoms with Crippen LogP contribution < -0.4 is 29.6 Å². The number of unbranched alkanes of at least 4 members (excludes halogenated alkanes) is 1. The van der Waals surface area contributed by atoms with Crippen molar-refractivity contribution in [3.05, 3.63) is 6.42 Å². The van der Waals surface area contributed by atoms with Gasteiger partial charge in [0.2, 0.25) is 0 Å². The van der Waals surface area contributed by atoms with Gasteiger partial charge in [0.25, 0.3) is 0 Å². The van der Waals surface area contributed by atoms with Crippen LogP contribution in [0.3, 0.4) is 0 Å². The Balaban J connectivity index is -0.0000000910. The van der Waals surface area contributed by atoms with Gasteiger partial charge in [-0.05, 0) is 0 Å². The Morgan fingerprint density at radius 1 is 1.40 bits per heavy atom. The van der Waals surface area contributed by atoms with Gasteiger partial charge >= 0.3 is 40.0 Å². The fraction of sp³-hybridized carbons (Fsp3) is 0.750. The summed E-state index contributed by atoms with van der Waals surface area (Å²) in [7, 11) is -4.67. The van der Waals surface area contributed by atoms with Gasteiger partial charge in [-0.15, -0.1) is 0 Å². The molecular formula is C4H11NaO4S. The van der Waals surface area contributed by atoms with Crippen LogP contribution in [0, 0.1) is 6.42 Å². The van der Waals surface area contributed by atoms with Crippen LogP contribution in [0.1, 0.15) is 20.3 Å². The summed E-state index contributed by atoms with van der Waals surface area (Å²) in [5, 5.41) is 0. The van der Waals surface area contributed by atoms with Gasteiger partial charge in [-0.3, -0.25) is 9.11 Å². The van der Waals surface area contributed by atoms with Crippen molar-refractivity contribution in [1.29, 1.82) is 0 Å². The Hall–Kier alpha value is 0.870. The molecule has 0 fully saturated rings. The molecule has 0 bridgehead atoms. The van der Waals surface area contributed by atoms with Crippen LogP contribution >= 0.6 is 0 Å². The van der Waals surface area contributed by atoms with Gasteiger partial charge in [-0.25, -0.2) is 0 Å². The van der Waals surface area contributed by atoms with E-state index in [9.17, 15) is 0 Å². The van der Waals surface area contributed by atoms with E-state index < -0.39 is 10.4 Å². The molecule has 0 heterocycles. The summed E-state index contributed by atoms with van der Waals surface area (Å²) in [5.41, 5.74) is 0. The Morgan fingerprint density at radius 2 is 1.50 bits per heavy atom. The van der Waals surface area contributed by atoms with Crippen molar-refractivity contribution in [2.45, 2.75) is 20.3 Å². The van der Waals surface area contributed by atoms with E-state index in [0.717, 1.165) is 0 Å². The van der Waals surface area contributed by atoms with E-state index in [4.69, 9.17) is 17.5 Å². The first-order chi connectivity index (χ1) is 3.91. The third-order valence-corrected chi connectivity index (χ3v) is 0.408. The molecule has 0 aromatic carbocycles. The van der Waals surface area contributed by atoms with Crippen LogP contribution in [0.5, 0.6) is 0 Å². The Morgan fingerprint density at radius 3 is 1.50 bits per heavy atom. The predicted octanol–water partition coefficient (Wildman–Crippen LogP) is -2.03. The van der Waals surface area contributed by atoms with Crippen molar-refractivity contribution in [3.8, 4) is 0 Å². The maximum atomic E-state index is 8.74. The van der Waals surface area contributed by atoms with Gasteiger partial charge in [0, 0.05) is 0 Å². The second kappa shape index (κ2) is 9.87. The molecule has 2 N–H and O–H groups in total. The molecule has 0 unspecified atom stereocenters. The maximum Gasteiger partial charge on any atom is 1.00 e. The minimum Gasteiger partial charge on any atom is -0.332 e. The number of rotatable bonds is 1. The van der Waals surface area contributed by atoms with Crippen LogP contribution in [0.15, 0.2) is 0 Å². The zero-order valence-corrected chi connectivity index (χ0v) is 9.22. The topological polar surface area (TPSA) is 74.6 Å². The molecule has 0 aliphatic heterocycles. The Kier molecular flexibility index (Phi) is 16.9. The van der Waals surface area contributed by atoms with Crippen molar-refractivity contribution in [2.75, 3.05) is 0 Å². The second-order valence-electron chi connectivity index (χ2n) is 1.26. The van der Waals surface area contributed by atoms with Crippen LogP contribution in [0.25, 0.3) is 0 Å². The number of hydrogen-bond acceptors (Lipinski definition) is 2. The standard InChI is InChI=1S/C4H9.Na.H2O4S/c1-3-4-2;;1-5(2,3)4/h3H,4H2,1-2H3;;(H2,1,2,3,4)/q-1;+1;. The SMILES string of the molecule is C[CH-]CC.O=S(=O)(O)O.[Na+]. The smallest absolute Gasteiger partial charge is 0.332 e. The van der Waals surface area contributed by atoms with Crippen LogP contribution in [0.2, 0.25) is 0 Å². The van der Waals surface area contributed by atoms with Crippen molar-refractivity contribution >= 4 is 10.4 Å². The molecule has 0 aliphatic rings. The summed E-state index contributed by atoms with van der Waals surface area (Å²) in [6.45, 7) is 4.18. The molecule has 0 rings (SSSR count). The maximum absolute atomic E-state index is 8.74. The third kappa shape index (κ3) is 157. The van der Waals surface area contributed by atoms with Crippen LogP contribution in [0.4, 0.5) is 0 Å². The zero-order chi connectivity index (χ0) is 7.91. The van der Waals surface area contributed by atoms with Gasteiger partial charge in [0.1, 0.15) is 0 Å². The second-order valence-corrected chi connectivity index (χ2v) is 2.16. The molecule has 0 saturated heterocycles. The summed E-state index contributed by atoms with van der Waals surface area (Å²) in [4.78, 5) is 0. The van der Waals surface area contributed by atoms with Gasteiger partial charge in [-0.1, -0.05) is 6.92 Å². The molecule has 0 radical (unpaired) electrons. The molecule has 4 nitrogen and oxygen atoms in total. The predicted molar refractivity (Wildman–Crippen MR) is 34.4 cm³/mol. The molecule has 10 heavy (non-hydrogen) atoms. The third-order valence-electron chi connectivity index (χ3n) is 0.408. The molecule has 58 valence electrons. The molecule has 0 saturated carbocycles.